The van der Waals surface area contributed by atoms with E-state index in [4.69, 9.17) is 0 Å². The highest BCUT2D eigenvalue weighted by molar-refractivity contribution is 5.85. The van der Waals surface area contributed by atoms with Crippen LogP contribution < -0.4 is 5.32 Å². The predicted molar refractivity (Wildman–Crippen MR) is 49.7 cm³/mol. The fourth-order valence-electron chi connectivity index (χ4n) is 1.29. The summed E-state index contributed by atoms with van der Waals surface area (Å²) in [5, 5.41) is 14.7. The molecule has 1 heterocycles. The van der Waals surface area contributed by atoms with Gasteiger partial charge >= 0.3 is 6.18 Å². The van der Waals surface area contributed by atoms with E-state index in [-0.39, 0.29) is 19.0 Å². The van der Waals surface area contributed by atoms with Gasteiger partial charge in [0.2, 0.25) is 5.78 Å². The Hall–Kier alpha value is -1.87. The van der Waals surface area contributed by atoms with Crippen LogP contribution in [0, 0.1) is 10.1 Å². The normalized spacial score (nSPS) is 18.3. The molecule has 1 N–H and O–H groups in total. The minimum Gasteiger partial charge on any atom is -0.349 e. The average Bonchev–Trinajstić information content (AvgIpc) is 2.59. The molecule has 1 aliphatic rings. The summed E-state index contributed by atoms with van der Waals surface area (Å²) in [5.74, 6) is -1.98. The molecular formula is C7H9F3N4O3. The maximum atomic E-state index is 11.9. The molecule has 1 rings (SSSR count). The third-order valence-electron chi connectivity index (χ3n) is 2.07. The van der Waals surface area contributed by atoms with Crippen molar-refractivity contribution in [2.24, 2.45) is 5.10 Å². The third-order valence-corrected chi connectivity index (χ3v) is 2.07. The zero-order valence-corrected chi connectivity index (χ0v) is 8.53. The first-order chi connectivity index (χ1) is 7.80. The second kappa shape index (κ2) is 4.97. The molecule has 7 nitrogen and oxygen atoms in total. The summed E-state index contributed by atoms with van der Waals surface area (Å²) in [6, 6.07) is 0. The Morgan fingerprint density at radius 2 is 2.24 bits per heavy atom. The van der Waals surface area contributed by atoms with Crippen LogP contribution in [-0.4, -0.2) is 47.5 Å². The van der Waals surface area contributed by atoms with Gasteiger partial charge in [0.1, 0.15) is 5.10 Å². The molecule has 1 fully saturated rings. The van der Waals surface area contributed by atoms with E-state index < -0.39 is 23.4 Å². The molecule has 0 bridgehead atoms. The van der Waals surface area contributed by atoms with Gasteiger partial charge in [-0.25, -0.2) is 10.1 Å². The minimum absolute atomic E-state index is 0.120. The van der Waals surface area contributed by atoms with Gasteiger partial charge in [0, 0.05) is 26.1 Å². The van der Waals surface area contributed by atoms with Gasteiger partial charge in [-0.3, -0.25) is 4.79 Å². The van der Waals surface area contributed by atoms with E-state index in [0.717, 1.165) is 0 Å². The molecule has 0 aromatic carbocycles. The number of halogens is 3. The van der Waals surface area contributed by atoms with Crippen molar-refractivity contribution in [3.8, 4) is 0 Å². The number of ketones is 1. The maximum absolute atomic E-state index is 11.9. The van der Waals surface area contributed by atoms with E-state index in [1.807, 2.05) is 0 Å². The Morgan fingerprint density at radius 3 is 2.76 bits per heavy atom. The van der Waals surface area contributed by atoms with Crippen LogP contribution in [0.1, 0.15) is 6.42 Å². The van der Waals surface area contributed by atoms with Gasteiger partial charge in [0.05, 0.1) is 0 Å². The number of hydrogen-bond donors (Lipinski definition) is 1. The van der Waals surface area contributed by atoms with E-state index in [1.54, 1.807) is 0 Å². The number of nitrogens with zero attached hydrogens (tertiary/aromatic N) is 3. The number of nitrogens with one attached hydrogen (secondary N) is 1. The molecule has 10 heteroatoms. The third kappa shape index (κ3) is 3.89. The maximum Gasteiger partial charge on any atom is 0.450 e. The lowest BCUT2D eigenvalue weighted by Crippen LogP contribution is -2.34. The average molecular weight is 254 g/mol. The smallest absolute Gasteiger partial charge is 0.349 e. The number of carbonyl (C=O) groups is 1. The Balaban J connectivity index is 2.52. The summed E-state index contributed by atoms with van der Waals surface area (Å²) in [6.07, 6.45) is -5.62. The highest BCUT2D eigenvalue weighted by Gasteiger charge is 2.38. The first-order valence-electron chi connectivity index (χ1n) is 4.62. The molecule has 96 valence electrons. The fourth-order valence-corrected chi connectivity index (χ4v) is 1.29. The van der Waals surface area contributed by atoms with E-state index in [9.17, 15) is 28.1 Å². The lowest BCUT2D eigenvalue weighted by molar-refractivity contribution is -0.485. The summed E-state index contributed by atoms with van der Waals surface area (Å²) in [6.45, 7) is 0.364. The summed E-state index contributed by atoms with van der Waals surface area (Å²) in [7, 11) is 0. The van der Waals surface area contributed by atoms with E-state index in [0.29, 0.717) is 6.54 Å². The fraction of sp³-hybridized carbons (Fsp3) is 0.714. The highest BCUT2D eigenvalue weighted by Crippen LogP contribution is 2.18. The van der Waals surface area contributed by atoms with Crippen molar-refractivity contribution < 1.29 is 23.0 Å². The molecule has 0 saturated carbocycles. The van der Waals surface area contributed by atoms with Crippen molar-refractivity contribution in [2.45, 2.75) is 12.6 Å². The zero-order chi connectivity index (χ0) is 13.1. The van der Waals surface area contributed by atoms with Crippen LogP contribution in [0.25, 0.3) is 0 Å². The molecule has 1 aliphatic heterocycles. The lowest BCUT2D eigenvalue weighted by atomic mass is 10.2. The number of guanidine groups is 1. The van der Waals surface area contributed by atoms with Crippen LogP contribution in [0.4, 0.5) is 13.2 Å². The van der Waals surface area contributed by atoms with E-state index in [2.05, 4.69) is 10.4 Å². The molecule has 17 heavy (non-hydrogen) atoms. The second-order valence-electron chi connectivity index (χ2n) is 3.25. The van der Waals surface area contributed by atoms with Gasteiger partial charge in [-0.2, -0.15) is 13.2 Å². The quantitative estimate of drug-likeness (QED) is 0.561. The standard InChI is InChI=1S/C7H9F3N4O3/c8-7(9,10)5(15)1-3-13-4-2-11-6(13)12-14(16)17/h1-4H2,(H,11,12). The van der Waals surface area contributed by atoms with Gasteiger partial charge < -0.3 is 10.2 Å². The molecule has 0 unspecified atom stereocenters. The van der Waals surface area contributed by atoms with Crippen LogP contribution in [0.15, 0.2) is 5.10 Å². The molecule has 0 radical (unpaired) electrons. The van der Waals surface area contributed by atoms with Crippen molar-refractivity contribution in [1.82, 2.24) is 10.2 Å². The van der Waals surface area contributed by atoms with Gasteiger partial charge in [-0.1, -0.05) is 0 Å². The molecule has 0 aromatic heterocycles. The topological polar surface area (TPSA) is 87.8 Å². The summed E-state index contributed by atoms with van der Waals surface area (Å²) in [5.41, 5.74) is 0. The number of hydrogen-bond acceptors (Lipinski definition) is 3. The van der Waals surface area contributed by atoms with Gasteiger partial charge in [0.25, 0.3) is 5.96 Å². The molecule has 0 aromatic rings. The Morgan fingerprint density at radius 1 is 1.59 bits per heavy atom. The lowest BCUT2D eigenvalue weighted by Gasteiger charge is -2.15. The molecule has 0 spiro atoms. The number of carbonyl (C=O) groups excluding carboxylic acids is 1. The zero-order valence-electron chi connectivity index (χ0n) is 8.53. The number of hydrazone groups is 1. The summed E-state index contributed by atoms with van der Waals surface area (Å²) >= 11 is 0. The summed E-state index contributed by atoms with van der Waals surface area (Å²) in [4.78, 5) is 21.9. The van der Waals surface area contributed by atoms with Crippen LogP contribution >= 0.6 is 0 Å². The molecule has 0 atom stereocenters. The first-order valence-corrected chi connectivity index (χ1v) is 4.62. The SMILES string of the molecule is O=C(CCN1CCN/C1=N\[N+](=O)[O-])C(F)(F)F. The second-order valence-corrected chi connectivity index (χ2v) is 3.25. The number of rotatable bonds is 4. The minimum atomic E-state index is -4.87. The van der Waals surface area contributed by atoms with Crippen molar-refractivity contribution in [2.75, 3.05) is 19.6 Å². The Bertz CT molecular complexity index is 355. The Kier molecular flexibility index (Phi) is 3.86. The van der Waals surface area contributed by atoms with Gasteiger partial charge in [0.15, 0.2) is 5.03 Å². The predicted octanol–water partition coefficient (Wildman–Crippen LogP) is -0.0392. The largest absolute Gasteiger partial charge is 0.450 e. The monoisotopic (exact) mass is 254 g/mol. The molecule has 0 amide bonds. The van der Waals surface area contributed by atoms with Crippen LogP contribution in [0.3, 0.4) is 0 Å². The number of alkyl halides is 3. The molecular weight excluding hydrogens is 245 g/mol. The van der Waals surface area contributed by atoms with E-state index >= 15 is 0 Å². The van der Waals surface area contributed by atoms with Gasteiger partial charge in [-0.15, -0.1) is 0 Å². The van der Waals surface area contributed by atoms with Crippen molar-refractivity contribution in [3.05, 3.63) is 10.1 Å². The van der Waals surface area contributed by atoms with Crippen LogP contribution in [0.2, 0.25) is 0 Å². The van der Waals surface area contributed by atoms with Crippen molar-refractivity contribution >= 4 is 11.7 Å². The first kappa shape index (κ1) is 13.2. The van der Waals surface area contributed by atoms with Gasteiger partial charge in [-0.05, 0) is 0 Å². The molecule has 1 saturated heterocycles. The van der Waals surface area contributed by atoms with E-state index in [1.165, 1.54) is 4.90 Å². The van der Waals surface area contributed by atoms with Crippen molar-refractivity contribution in [3.63, 3.8) is 0 Å². The van der Waals surface area contributed by atoms with Crippen LogP contribution in [-0.2, 0) is 4.79 Å². The van der Waals surface area contributed by atoms with Crippen molar-refractivity contribution in [1.29, 1.82) is 0 Å². The Labute approximate surface area is 93.4 Å². The number of Topliss-reactive ketones (excluding diaryl/α,β-unsaturated/α-hetero) is 1. The number of nitro groups is 1. The summed E-state index contributed by atoms with van der Waals surface area (Å²) < 4.78 is 35.7. The molecule has 0 aliphatic carbocycles. The van der Waals surface area contributed by atoms with Crippen LogP contribution in [0.5, 0.6) is 0 Å². The highest BCUT2D eigenvalue weighted by atomic mass is 19.4.